The van der Waals surface area contributed by atoms with Crippen molar-refractivity contribution in [1.82, 2.24) is 0 Å². The van der Waals surface area contributed by atoms with Gasteiger partial charge in [0.1, 0.15) is 5.82 Å². The predicted octanol–water partition coefficient (Wildman–Crippen LogP) is 6.22. The summed E-state index contributed by atoms with van der Waals surface area (Å²) < 4.78 is 51.8. The van der Waals surface area contributed by atoms with Crippen LogP contribution in [0.25, 0.3) is 11.1 Å². The molecule has 1 amide bonds. The molecule has 30 heavy (non-hydrogen) atoms. The molecule has 153 valence electrons. The van der Waals surface area contributed by atoms with Gasteiger partial charge in [0.2, 0.25) is 5.91 Å². The lowest BCUT2D eigenvalue weighted by Crippen LogP contribution is -2.40. The lowest BCUT2D eigenvalue weighted by Gasteiger charge is -2.32. The van der Waals surface area contributed by atoms with E-state index < -0.39 is 17.7 Å². The van der Waals surface area contributed by atoms with Crippen LogP contribution in [0.1, 0.15) is 29.9 Å². The molecule has 1 atom stereocenters. The summed E-state index contributed by atoms with van der Waals surface area (Å²) in [5.41, 5.74) is 1.97. The molecule has 1 unspecified atom stereocenters. The molecule has 1 saturated heterocycles. The standard InChI is InChI=1S/C24H18F4NO/c25-20-4-1-3-18(15-20)16-8-12-21(13-9-16)29-14-2-5-22(23(29)30)17-6-10-19(11-7-17)24(26,27)28/h1,3-4,6-10,12-13,15,22H,2,5,14H2. The number of anilines is 1. The van der Waals surface area contributed by atoms with Gasteiger partial charge in [-0.15, -0.1) is 0 Å². The third kappa shape index (κ3) is 4.08. The number of benzene rings is 3. The van der Waals surface area contributed by atoms with E-state index in [4.69, 9.17) is 0 Å². The lowest BCUT2D eigenvalue weighted by molar-refractivity contribution is -0.137. The Morgan fingerprint density at radius 2 is 1.73 bits per heavy atom. The van der Waals surface area contributed by atoms with Crippen molar-refractivity contribution in [3.63, 3.8) is 0 Å². The third-order valence-electron chi connectivity index (χ3n) is 5.32. The van der Waals surface area contributed by atoms with Gasteiger partial charge in [-0.1, -0.05) is 30.3 Å². The molecule has 0 spiro atoms. The largest absolute Gasteiger partial charge is 0.417 e. The number of rotatable bonds is 3. The van der Waals surface area contributed by atoms with Gasteiger partial charge in [0, 0.05) is 12.2 Å². The van der Waals surface area contributed by atoms with E-state index >= 15 is 0 Å². The van der Waals surface area contributed by atoms with Crippen LogP contribution >= 0.6 is 0 Å². The fourth-order valence-corrected chi connectivity index (χ4v) is 3.77. The maximum Gasteiger partial charge on any atom is 0.417 e. The summed E-state index contributed by atoms with van der Waals surface area (Å²) in [5, 5.41) is 0. The van der Waals surface area contributed by atoms with Crippen molar-refractivity contribution in [3.05, 3.63) is 89.7 Å². The van der Waals surface area contributed by atoms with E-state index in [0.717, 1.165) is 23.6 Å². The zero-order valence-corrected chi connectivity index (χ0v) is 15.9. The fraction of sp³-hybridized carbons (Fsp3) is 0.208. The Hall–Kier alpha value is -3.15. The number of hydrogen-bond donors (Lipinski definition) is 0. The van der Waals surface area contributed by atoms with Crippen LogP contribution in [0.15, 0.2) is 66.7 Å². The van der Waals surface area contributed by atoms with E-state index in [9.17, 15) is 22.4 Å². The van der Waals surface area contributed by atoms with Crippen LogP contribution in [0.5, 0.6) is 0 Å². The highest BCUT2D eigenvalue weighted by atomic mass is 19.4. The van der Waals surface area contributed by atoms with Gasteiger partial charge in [-0.3, -0.25) is 4.79 Å². The van der Waals surface area contributed by atoms with E-state index in [1.165, 1.54) is 24.3 Å². The van der Waals surface area contributed by atoms with Crippen molar-refractivity contribution in [1.29, 1.82) is 0 Å². The monoisotopic (exact) mass is 412 g/mol. The van der Waals surface area contributed by atoms with Crippen LogP contribution in [0, 0.1) is 11.9 Å². The molecule has 3 aromatic rings. The predicted molar refractivity (Wildman–Crippen MR) is 106 cm³/mol. The Morgan fingerprint density at radius 1 is 0.967 bits per heavy atom. The van der Waals surface area contributed by atoms with Gasteiger partial charge in [-0.25, -0.2) is 4.39 Å². The fourth-order valence-electron chi connectivity index (χ4n) is 3.77. The smallest absolute Gasteiger partial charge is 0.312 e. The van der Waals surface area contributed by atoms with Gasteiger partial charge in [-0.05, 0) is 72.0 Å². The number of carbonyl (C=O) groups excluding carboxylic acids is 1. The van der Waals surface area contributed by atoms with Crippen LogP contribution in [0.2, 0.25) is 0 Å². The van der Waals surface area contributed by atoms with Gasteiger partial charge in [-0.2, -0.15) is 13.2 Å². The molecule has 6 heteroatoms. The van der Waals surface area contributed by atoms with Gasteiger partial charge >= 0.3 is 6.18 Å². The number of nitrogens with zero attached hydrogens (tertiary/aromatic N) is 1. The molecule has 1 radical (unpaired) electrons. The third-order valence-corrected chi connectivity index (χ3v) is 5.32. The zero-order chi connectivity index (χ0) is 21.3. The summed E-state index contributed by atoms with van der Waals surface area (Å²) in [5.74, 6) is -0.966. The second-order valence-corrected chi connectivity index (χ2v) is 7.28. The maximum atomic E-state index is 13.5. The first-order chi connectivity index (χ1) is 14.3. The van der Waals surface area contributed by atoms with Crippen LogP contribution in [-0.4, -0.2) is 12.5 Å². The van der Waals surface area contributed by atoms with Gasteiger partial charge in [0.05, 0.1) is 11.5 Å². The molecular formula is C24H18F4NO. The van der Waals surface area contributed by atoms with Crippen molar-refractivity contribution in [2.45, 2.75) is 24.9 Å². The molecule has 4 rings (SSSR count). The van der Waals surface area contributed by atoms with E-state index in [2.05, 4.69) is 6.07 Å². The van der Waals surface area contributed by atoms with Crippen molar-refractivity contribution in [2.24, 2.45) is 0 Å². The summed E-state index contributed by atoms with van der Waals surface area (Å²) in [6.45, 7) is 0.541. The number of amides is 1. The summed E-state index contributed by atoms with van der Waals surface area (Å²) >= 11 is 0. The van der Waals surface area contributed by atoms with E-state index in [1.54, 1.807) is 29.2 Å². The number of hydrogen-bond acceptors (Lipinski definition) is 1. The molecule has 0 aliphatic carbocycles. The molecule has 0 aromatic heterocycles. The van der Waals surface area contributed by atoms with Gasteiger partial charge in [0.25, 0.3) is 0 Å². The summed E-state index contributed by atoms with van der Waals surface area (Å²) in [7, 11) is 0. The average Bonchev–Trinajstić information content (AvgIpc) is 2.74. The molecule has 1 aliphatic heterocycles. The van der Waals surface area contributed by atoms with E-state index in [0.29, 0.717) is 24.2 Å². The summed E-state index contributed by atoms with van der Waals surface area (Å²) in [6.07, 6.45) is -3.14. The van der Waals surface area contributed by atoms with E-state index in [1.807, 2.05) is 12.1 Å². The highest BCUT2D eigenvalue weighted by Crippen LogP contribution is 2.34. The maximum absolute atomic E-state index is 13.5. The molecule has 3 aromatic carbocycles. The van der Waals surface area contributed by atoms with Crippen molar-refractivity contribution < 1.29 is 22.4 Å². The number of carbonyl (C=O) groups is 1. The number of piperidine rings is 1. The minimum Gasteiger partial charge on any atom is -0.312 e. The van der Waals surface area contributed by atoms with Crippen LogP contribution < -0.4 is 4.90 Å². The Kier molecular flexibility index (Phi) is 5.33. The second kappa shape index (κ2) is 7.94. The Balaban J connectivity index is 1.54. The van der Waals surface area contributed by atoms with E-state index in [-0.39, 0.29) is 11.7 Å². The zero-order valence-electron chi connectivity index (χ0n) is 15.9. The average molecular weight is 412 g/mol. The molecule has 0 bridgehead atoms. The summed E-state index contributed by atoms with van der Waals surface area (Å²) in [4.78, 5) is 14.7. The molecular weight excluding hydrogens is 394 g/mol. The Labute approximate surface area is 171 Å². The van der Waals surface area contributed by atoms with Gasteiger partial charge in [0.15, 0.2) is 0 Å². The van der Waals surface area contributed by atoms with Crippen molar-refractivity contribution in [2.75, 3.05) is 11.4 Å². The second-order valence-electron chi connectivity index (χ2n) is 7.28. The quantitative estimate of drug-likeness (QED) is 0.468. The first kappa shape index (κ1) is 20.1. The minimum atomic E-state index is -4.45. The molecule has 1 aliphatic rings. The molecule has 2 nitrogen and oxygen atoms in total. The molecule has 1 heterocycles. The van der Waals surface area contributed by atoms with Gasteiger partial charge < -0.3 is 4.90 Å². The Morgan fingerprint density at radius 3 is 2.37 bits per heavy atom. The molecule has 0 N–H and O–H groups in total. The number of halogens is 4. The topological polar surface area (TPSA) is 20.3 Å². The SMILES string of the molecule is O=C1C(c2c[c]c(C(F)(F)F)cc2)CCCN1c1ccc(-c2cccc(F)c2)cc1. The summed E-state index contributed by atoms with van der Waals surface area (Å²) in [6, 6.07) is 19.4. The highest BCUT2D eigenvalue weighted by Gasteiger charge is 2.33. The number of alkyl halides is 3. The normalized spacial score (nSPS) is 17.3. The lowest BCUT2D eigenvalue weighted by atomic mass is 9.89. The first-order valence-electron chi connectivity index (χ1n) is 9.59. The van der Waals surface area contributed by atoms with Crippen molar-refractivity contribution >= 4 is 11.6 Å². The minimum absolute atomic E-state index is 0.145. The van der Waals surface area contributed by atoms with Crippen LogP contribution in [-0.2, 0) is 11.0 Å². The highest BCUT2D eigenvalue weighted by molar-refractivity contribution is 5.99. The van der Waals surface area contributed by atoms with Crippen molar-refractivity contribution in [3.8, 4) is 11.1 Å². The Bertz CT molecular complexity index is 1040. The first-order valence-corrected chi connectivity index (χ1v) is 9.59. The molecule has 0 saturated carbocycles. The van der Waals surface area contributed by atoms with Crippen LogP contribution in [0.4, 0.5) is 23.2 Å². The molecule has 1 fully saturated rings. The van der Waals surface area contributed by atoms with Crippen LogP contribution in [0.3, 0.4) is 0 Å².